The van der Waals surface area contributed by atoms with Crippen molar-refractivity contribution in [1.82, 2.24) is 0 Å². The van der Waals surface area contributed by atoms with Crippen molar-refractivity contribution < 1.29 is 15.0 Å². The summed E-state index contributed by atoms with van der Waals surface area (Å²) in [6.45, 7) is 2.27. The fourth-order valence-electron chi connectivity index (χ4n) is 4.99. The molecule has 3 nitrogen and oxygen atoms in total. The average molecular weight is 449 g/mol. The Morgan fingerprint density at radius 3 is 2.29 bits per heavy atom. The van der Waals surface area contributed by atoms with Gasteiger partial charge in [-0.25, -0.2) is 0 Å². The first-order valence-electron chi connectivity index (χ1n) is 12.7. The third-order valence-corrected chi connectivity index (χ3v) is 7.83. The quantitative estimate of drug-likeness (QED) is 0.198. The number of carbonyl (C=O) groups is 1. The summed E-state index contributed by atoms with van der Waals surface area (Å²) < 4.78 is 0. The number of carboxylic acids is 1. The van der Waals surface area contributed by atoms with Gasteiger partial charge in [-0.2, -0.15) is 0 Å². The number of unbranched alkanes of at least 4 members (excludes halogenated alkanes) is 11. The zero-order chi connectivity index (χ0) is 22.3. The molecule has 1 aromatic rings. The van der Waals surface area contributed by atoms with Crippen LogP contribution in [0.4, 0.5) is 0 Å². The second-order valence-corrected chi connectivity index (χ2v) is 10.4. The number of aliphatic carboxylic acids is 1. The van der Waals surface area contributed by atoms with Gasteiger partial charge in [0.15, 0.2) is 0 Å². The zero-order valence-electron chi connectivity index (χ0n) is 19.6. The molecule has 1 heterocycles. The highest BCUT2D eigenvalue weighted by Crippen LogP contribution is 2.41. The number of hydrogen-bond donors (Lipinski definition) is 2. The second-order valence-electron chi connectivity index (χ2n) is 9.38. The summed E-state index contributed by atoms with van der Waals surface area (Å²) in [6, 6.07) is 3.99. The smallest absolute Gasteiger partial charge is 0.304 e. The maximum absolute atomic E-state index is 11.4. The fraction of sp³-hybridized carbons (Fsp3) is 0.741. The van der Waals surface area contributed by atoms with E-state index in [1.54, 1.807) is 11.3 Å². The second kappa shape index (κ2) is 15.6. The summed E-state index contributed by atoms with van der Waals surface area (Å²) in [5, 5.41) is 22.1. The van der Waals surface area contributed by atoms with Gasteiger partial charge in [-0.3, -0.25) is 4.79 Å². The molecule has 2 rings (SSSR count). The molecule has 1 aliphatic rings. The van der Waals surface area contributed by atoms with E-state index in [2.05, 4.69) is 13.0 Å². The first-order chi connectivity index (χ1) is 15.1. The number of aliphatic hydroxyl groups is 1. The van der Waals surface area contributed by atoms with Crippen LogP contribution < -0.4 is 0 Å². The summed E-state index contributed by atoms with van der Waals surface area (Å²) in [6.07, 6.45) is 20.8. The van der Waals surface area contributed by atoms with Gasteiger partial charge in [-0.15, -0.1) is 11.3 Å². The van der Waals surface area contributed by atoms with Crippen molar-refractivity contribution in [2.75, 3.05) is 0 Å². The Bertz CT molecular complexity index is 622. The predicted octanol–water partition coefficient (Wildman–Crippen LogP) is 8.09. The van der Waals surface area contributed by atoms with Gasteiger partial charge < -0.3 is 10.2 Å². The molecular weight excluding hydrogens is 404 g/mol. The highest BCUT2D eigenvalue weighted by atomic mass is 32.1. The van der Waals surface area contributed by atoms with Crippen molar-refractivity contribution in [1.29, 1.82) is 0 Å². The largest absolute Gasteiger partial charge is 0.481 e. The van der Waals surface area contributed by atoms with Crippen LogP contribution in [-0.4, -0.2) is 22.3 Å². The molecule has 176 valence electrons. The number of aliphatic hydroxyl groups excluding tert-OH is 1. The molecule has 31 heavy (non-hydrogen) atoms. The van der Waals surface area contributed by atoms with Crippen LogP contribution >= 0.6 is 11.3 Å². The SMILES string of the molecule is CCCCCCCCCCCCCC=C1CCC(C(CC(=O)O)c2cccs2)C(O)C1. The van der Waals surface area contributed by atoms with Crippen molar-refractivity contribution in [2.45, 2.75) is 122 Å². The number of carboxylic acid groups (broad SMARTS) is 1. The number of hydrogen-bond acceptors (Lipinski definition) is 3. The van der Waals surface area contributed by atoms with Crippen molar-refractivity contribution in [3.05, 3.63) is 34.0 Å². The lowest BCUT2D eigenvalue weighted by molar-refractivity contribution is -0.138. The maximum Gasteiger partial charge on any atom is 0.304 e. The van der Waals surface area contributed by atoms with E-state index in [9.17, 15) is 15.0 Å². The molecule has 0 radical (unpaired) electrons. The van der Waals surface area contributed by atoms with Gasteiger partial charge in [0.2, 0.25) is 0 Å². The number of allylic oxidation sites excluding steroid dienone is 1. The van der Waals surface area contributed by atoms with E-state index in [0.717, 1.165) is 24.1 Å². The van der Waals surface area contributed by atoms with Crippen molar-refractivity contribution >= 4 is 17.3 Å². The summed E-state index contributed by atoms with van der Waals surface area (Å²) >= 11 is 1.61. The van der Waals surface area contributed by atoms with Crippen molar-refractivity contribution in [3.63, 3.8) is 0 Å². The molecule has 0 bridgehead atoms. The minimum atomic E-state index is -0.775. The Morgan fingerprint density at radius 1 is 1.10 bits per heavy atom. The van der Waals surface area contributed by atoms with Gasteiger partial charge in [0.05, 0.1) is 12.5 Å². The van der Waals surface area contributed by atoms with Gasteiger partial charge in [0.25, 0.3) is 0 Å². The van der Waals surface area contributed by atoms with Crippen molar-refractivity contribution in [3.8, 4) is 0 Å². The summed E-state index contributed by atoms with van der Waals surface area (Å²) in [5.41, 5.74) is 1.37. The molecule has 4 heteroatoms. The van der Waals surface area contributed by atoms with Gasteiger partial charge in [0, 0.05) is 10.8 Å². The lowest BCUT2D eigenvalue weighted by Gasteiger charge is -2.34. The number of rotatable bonds is 16. The molecule has 3 atom stereocenters. The first kappa shape index (κ1) is 26.1. The molecule has 1 fully saturated rings. The van der Waals surface area contributed by atoms with Crippen LogP contribution in [0.15, 0.2) is 29.2 Å². The van der Waals surface area contributed by atoms with Gasteiger partial charge in [0.1, 0.15) is 0 Å². The molecule has 0 saturated heterocycles. The lowest BCUT2D eigenvalue weighted by atomic mass is 9.74. The summed E-state index contributed by atoms with van der Waals surface area (Å²) in [5.74, 6) is -0.794. The van der Waals surface area contributed by atoms with E-state index in [0.29, 0.717) is 6.42 Å². The minimum Gasteiger partial charge on any atom is -0.481 e. The molecule has 2 N–H and O–H groups in total. The third-order valence-electron chi connectivity index (χ3n) is 6.83. The van der Waals surface area contributed by atoms with Gasteiger partial charge >= 0.3 is 5.97 Å². The Hall–Kier alpha value is -1.13. The van der Waals surface area contributed by atoms with E-state index in [1.165, 1.54) is 76.2 Å². The molecule has 0 amide bonds. The van der Waals surface area contributed by atoms with E-state index < -0.39 is 12.1 Å². The average Bonchev–Trinajstić information content (AvgIpc) is 3.28. The molecule has 0 aliphatic heterocycles. The van der Waals surface area contributed by atoms with Gasteiger partial charge in [-0.1, -0.05) is 88.8 Å². The molecule has 0 aromatic carbocycles. The Labute approximate surface area is 194 Å². The molecule has 1 saturated carbocycles. The predicted molar refractivity (Wildman–Crippen MR) is 132 cm³/mol. The monoisotopic (exact) mass is 448 g/mol. The molecular formula is C27H44O3S. The topological polar surface area (TPSA) is 57.5 Å². The maximum atomic E-state index is 11.4. The van der Waals surface area contributed by atoms with Crippen LogP contribution in [0.25, 0.3) is 0 Å². The van der Waals surface area contributed by atoms with Crippen LogP contribution in [-0.2, 0) is 4.79 Å². The standard InChI is InChI=1S/C27H44O3S/c1-2-3-4-5-6-7-8-9-10-11-12-13-15-22-17-18-23(25(28)20-22)24(21-27(29)30)26-16-14-19-31-26/h14-16,19,23-25,28H,2-13,17-18,20-21H2,1H3,(H,29,30). The molecule has 1 aliphatic carbocycles. The molecule has 0 spiro atoms. The Balaban J connectivity index is 1.61. The van der Waals surface area contributed by atoms with E-state index >= 15 is 0 Å². The van der Waals surface area contributed by atoms with Gasteiger partial charge in [-0.05, 0) is 49.5 Å². The van der Waals surface area contributed by atoms with Crippen molar-refractivity contribution in [2.24, 2.45) is 5.92 Å². The fourth-order valence-corrected chi connectivity index (χ4v) is 5.89. The summed E-state index contributed by atoms with van der Waals surface area (Å²) in [7, 11) is 0. The highest BCUT2D eigenvalue weighted by molar-refractivity contribution is 7.10. The molecule has 1 aromatic heterocycles. The van der Waals surface area contributed by atoms with Crippen LogP contribution in [0.3, 0.4) is 0 Å². The lowest BCUT2D eigenvalue weighted by Crippen LogP contribution is -2.31. The van der Waals surface area contributed by atoms with E-state index in [1.807, 2.05) is 17.5 Å². The van der Waals surface area contributed by atoms with E-state index in [-0.39, 0.29) is 18.3 Å². The Morgan fingerprint density at radius 2 is 1.74 bits per heavy atom. The minimum absolute atomic E-state index is 0.0499. The third kappa shape index (κ3) is 10.4. The first-order valence-corrected chi connectivity index (χ1v) is 13.6. The van der Waals surface area contributed by atoms with E-state index in [4.69, 9.17) is 0 Å². The van der Waals surface area contributed by atoms with Crippen LogP contribution in [0, 0.1) is 5.92 Å². The number of thiophene rings is 1. The zero-order valence-corrected chi connectivity index (χ0v) is 20.4. The van der Waals surface area contributed by atoms with Crippen LogP contribution in [0.2, 0.25) is 0 Å². The highest BCUT2D eigenvalue weighted by Gasteiger charge is 2.34. The summed E-state index contributed by atoms with van der Waals surface area (Å²) in [4.78, 5) is 12.5. The van der Waals surface area contributed by atoms with Crippen LogP contribution in [0.1, 0.15) is 120 Å². The normalized spacial score (nSPS) is 21.4. The van der Waals surface area contributed by atoms with Crippen LogP contribution in [0.5, 0.6) is 0 Å². The Kier molecular flexibility index (Phi) is 13.2. The molecule has 3 unspecified atom stereocenters.